The van der Waals surface area contributed by atoms with E-state index in [1.807, 2.05) is 13.8 Å². The molecule has 6 nitrogen and oxygen atoms in total. The lowest BCUT2D eigenvalue weighted by molar-refractivity contribution is -0.141. The summed E-state index contributed by atoms with van der Waals surface area (Å²) < 4.78 is 10.2. The molecule has 0 radical (unpaired) electrons. The van der Waals surface area contributed by atoms with Gasteiger partial charge in [-0.05, 0) is 25.8 Å². The van der Waals surface area contributed by atoms with Crippen molar-refractivity contribution in [3.8, 4) is 0 Å². The molecule has 21 heavy (non-hydrogen) atoms. The SMILES string of the molecule is CCC(CC)N1C(=O)CC(NCCCOCCOC)C1=O. The van der Waals surface area contributed by atoms with Gasteiger partial charge in [-0.3, -0.25) is 14.5 Å². The van der Waals surface area contributed by atoms with Gasteiger partial charge in [0.25, 0.3) is 0 Å². The quantitative estimate of drug-likeness (QED) is 0.454. The Morgan fingerprint density at radius 2 is 1.95 bits per heavy atom. The number of likely N-dealkylation sites (tertiary alicyclic amines) is 1. The van der Waals surface area contributed by atoms with Crippen LogP contribution in [0.25, 0.3) is 0 Å². The Morgan fingerprint density at radius 3 is 2.57 bits per heavy atom. The Bertz CT molecular complexity index is 332. The summed E-state index contributed by atoms with van der Waals surface area (Å²) in [6.45, 7) is 6.49. The van der Waals surface area contributed by atoms with Crippen LogP contribution in [0.3, 0.4) is 0 Å². The number of nitrogens with zero attached hydrogens (tertiary/aromatic N) is 1. The highest BCUT2D eigenvalue weighted by Crippen LogP contribution is 2.20. The van der Waals surface area contributed by atoms with Crippen LogP contribution in [0.2, 0.25) is 0 Å². The van der Waals surface area contributed by atoms with Crippen LogP contribution < -0.4 is 5.32 Å². The Balaban J connectivity index is 2.28. The minimum Gasteiger partial charge on any atom is -0.382 e. The van der Waals surface area contributed by atoms with Gasteiger partial charge in [-0.25, -0.2) is 0 Å². The zero-order valence-electron chi connectivity index (χ0n) is 13.4. The van der Waals surface area contributed by atoms with Crippen molar-refractivity contribution in [1.82, 2.24) is 10.2 Å². The molecule has 0 aliphatic carbocycles. The predicted molar refractivity (Wildman–Crippen MR) is 79.9 cm³/mol. The second kappa shape index (κ2) is 9.87. The van der Waals surface area contributed by atoms with E-state index in [0.29, 0.717) is 26.4 Å². The Kier molecular flexibility index (Phi) is 8.49. The van der Waals surface area contributed by atoms with Gasteiger partial charge in [-0.2, -0.15) is 0 Å². The summed E-state index contributed by atoms with van der Waals surface area (Å²) in [6.07, 6.45) is 2.72. The molecule has 6 heteroatoms. The molecule has 1 N–H and O–H groups in total. The van der Waals surface area contributed by atoms with Crippen LogP contribution in [0.15, 0.2) is 0 Å². The lowest BCUT2D eigenvalue weighted by Gasteiger charge is -2.24. The van der Waals surface area contributed by atoms with Crippen molar-refractivity contribution in [3.63, 3.8) is 0 Å². The van der Waals surface area contributed by atoms with Crippen LogP contribution in [0.1, 0.15) is 39.5 Å². The zero-order valence-corrected chi connectivity index (χ0v) is 13.4. The van der Waals surface area contributed by atoms with Crippen molar-refractivity contribution in [3.05, 3.63) is 0 Å². The third-order valence-corrected chi connectivity index (χ3v) is 3.78. The van der Waals surface area contributed by atoms with E-state index in [1.54, 1.807) is 7.11 Å². The molecular weight excluding hydrogens is 272 g/mol. The van der Waals surface area contributed by atoms with Crippen molar-refractivity contribution < 1.29 is 19.1 Å². The number of carbonyl (C=O) groups is 2. The molecule has 0 bridgehead atoms. The minimum atomic E-state index is -0.364. The molecule has 1 aliphatic heterocycles. The molecule has 0 spiro atoms. The van der Waals surface area contributed by atoms with Gasteiger partial charge in [0, 0.05) is 19.8 Å². The summed E-state index contributed by atoms with van der Waals surface area (Å²) in [5, 5.41) is 3.16. The molecule has 2 amide bonds. The minimum absolute atomic E-state index is 0.0363. The topological polar surface area (TPSA) is 67.9 Å². The third-order valence-electron chi connectivity index (χ3n) is 3.78. The van der Waals surface area contributed by atoms with Crippen molar-refractivity contribution in [2.24, 2.45) is 0 Å². The maximum atomic E-state index is 12.3. The van der Waals surface area contributed by atoms with Crippen LogP contribution in [0.5, 0.6) is 0 Å². The van der Waals surface area contributed by atoms with Crippen molar-refractivity contribution >= 4 is 11.8 Å². The van der Waals surface area contributed by atoms with Gasteiger partial charge in [0.1, 0.15) is 0 Å². The number of hydrogen-bond acceptors (Lipinski definition) is 5. The molecule has 122 valence electrons. The fraction of sp³-hybridized carbons (Fsp3) is 0.867. The summed E-state index contributed by atoms with van der Waals surface area (Å²) >= 11 is 0. The highest BCUT2D eigenvalue weighted by atomic mass is 16.5. The number of methoxy groups -OCH3 is 1. The molecule has 0 saturated carbocycles. The van der Waals surface area contributed by atoms with Gasteiger partial charge in [-0.1, -0.05) is 13.8 Å². The number of imide groups is 1. The van der Waals surface area contributed by atoms with Gasteiger partial charge in [0.2, 0.25) is 11.8 Å². The van der Waals surface area contributed by atoms with E-state index in [0.717, 1.165) is 19.3 Å². The largest absolute Gasteiger partial charge is 0.382 e. The third kappa shape index (κ3) is 5.37. The number of nitrogens with one attached hydrogen (secondary N) is 1. The number of carbonyl (C=O) groups excluding carboxylic acids is 2. The number of rotatable bonds is 11. The van der Waals surface area contributed by atoms with Crippen LogP contribution in [-0.2, 0) is 19.1 Å². The van der Waals surface area contributed by atoms with E-state index >= 15 is 0 Å². The van der Waals surface area contributed by atoms with E-state index in [1.165, 1.54) is 4.90 Å². The van der Waals surface area contributed by atoms with Crippen LogP contribution >= 0.6 is 0 Å². The summed E-state index contributed by atoms with van der Waals surface area (Å²) in [4.78, 5) is 25.7. The van der Waals surface area contributed by atoms with Crippen LogP contribution in [0.4, 0.5) is 0 Å². The van der Waals surface area contributed by atoms with E-state index in [2.05, 4.69) is 5.32 Å². The van der Waals surface area contributed by atoms with Crippen molar-refractivity contribution in [1.29, 1.82) is 0 Å². The Morgan fingerprint density at radius 1 is 1.24 bits per heavy atom. The van der Waals surface area contributed by atoms with Gasteiger partial charge in [0.15, 0.2) is 0 Å². The summed E-state index contributed by atoms with van der Waals surface area (Å²) in [6, 6.07) is -0.328. The molecule has 1 saturated heterocycles. The average molecular weight is 300 g/mol. The lowest BCUT2D eigenvalue weighted by atomic mass is 10.1. The monoisotopic (exact) mass is 300 g/mol. The molecule has 0 aromatic carbocycles. The zero-order chi connectivity index (χ0) is 15.7. The van der Waals surface area contributed by atoms with E-state index in [9.17, 15) is 9.59 Å². The first-order valence-corrected chi connectivity index (χ1v) is 7.81. The molecule has 1 fully saturated rings. The first kappa shape index (κ1) is 18.1. The standard InChI is InChI=1S/C15H28N2O4/c1-4-12(5-2)17-14(18)11-13(15(17)19)16-7-6-8-21-10-9-20-3/h12-13,16H,4-11H2,1-3H3. The molecule has 1 unspecified atom stereocenters. The van der Waals surface area contributed by atoms with Crippen molar-refractivity contribution in [2.75, 3.05) is 33.5 Å². The van der Waals surface area contributed by atoms with Crippen LogP contribution in [0, 0.1) is 0 Å². The first-order chi connectivity index (χ1) is 10.2. The fourth-order valence-corrected chi connectivity index (χ4v) is 2.54. The summed E-state index contributed by atoms with van der Waals surface area (Å²) in [5.74, 6) is -0.128. The lowest BCUT2D eigenvalue weighted by Crippen LogP contribution is -2.43. The van der Waals surface area contributed by atoms with Crippen LogP contribution in [-0.4, -0.2) is 62.3 Å². The fourth-order valence-electron chi connectivity index (χ4n) is 2.54. The maximum Gasteiger partial charge on any atom is 0.247 e. The second-order valence-corrected chi connectivity index (χ2v) is 5.24. The van der Waals surface area contributed by atoms with E-state index in [-0.39, 0.29) is 30.3 Å². The molecule has 1 rings (SSSR count). The van der Waals surface area contributed by atoms with Gasteiger partial charge in [-0.15, -0.1) is 0 Å². The summed E-state index contributed by atoms with van der Waals surface area (Å²) in [7, 11) is 1.64. The second-order valence-electron chi connectivity index (χ2n) is 5.24. The highest BCUT2D eigenvalue weighted by Gasteiger charge is 2.40. The molecule has 0 aromatic heterocycles. The van der Waals surface area contributed by atoms with Gasteiger partial charge in [0.05, 0.1) is 25.7 Å². The Labute approximate surface area is 127 Å². The number of ether oxygens (including phenoxy) is 2. The normalized spacial score (nSPS) is 19.0. The molecule has 1 heterocycles. The molecule has 1 aliphatic rings. The smallest absolute Gasteiger partial charge is 0.247 e. The molecule has 1 atom stereocenters. The van der Waals surface area contributed by atoms with Gasteiger partial charge >= 0.3 is 0 Å². The Hall–Kier alpha value is -0.980. The van der Waals surface area contributed by atoms with Crippen molar-refractivity contribution in [2.45, 2.75) is 51.6 Å². The summed E-state index contributed by atoms with van der Waals surface area (Å²) in [5.41, 5.74) is 0. The predicted octanol–water partition coefficient (Wildman–Crippen LogP) is 0.945. The highest BCUT2D eigenvalue weighted by molar-refractivity contribution is 6.05. The first-order valence-electron chi connectivity index (χ1n) is 7.81. The molecular formula is C15H28N2O4. The van der Waals surface area contributed by atoms with E-state index < -0.39 is 0 Å². The average Bonchev–Trinajstić information content (AvgIpc) is 2.75. The number of hydrogen-bond donors (Lipinski definition) is 1. The number of amides is 2. The van der Waals surface area contributed by atoms with E-state index in [4.69, 9.17) is 9.47 Å². The van der Waals surface area contributed by atoms with Gasteiger partial charge < -0.3 is 14.8 Å². The molecule has 0 aromatic rings. The maximum absolute atomic E-state index is 12.3.